The molecule has 1 aliphatic heterocycles. The van der Waals surface area contributed by atoms with Gasteiger partial charge in [0, 0.05) is 43.5 Å². The van der Waals surface area contributed by atoms with Gasteiger partial charge in [0.1, 0.15) is 29.2 Å². The number of benzene rings is 2. The number of rotatable bonds is 5. The number of carbonyl (C=O) groups is 2. The van der Waals surface area contributed by atoms with Gasteiger partial charge in [-0.05, 0) is 57.4 Å². The average Bonchev–Trinajstić information content (AvgIpc) is 3.50. The molecule has 12 heteroatoms. The predicted molar refractivity (Wildman–Crippen MR) is 150 cm³/mol. The molecule has 11 nitrogen and oxygen atoms in total. The van der Waals surface area contributed by atoms with E-state index in [0.717, 1.165) is 23.9 Å². The molecule has 2 aromatic carbocycles. The number of fused-ring (bicyclic) bond motifs is 1. The Balaban J connectivity index is 1.40. The zero-order chi connectivity index (χ0) is 29.3. The van der Waals surface area contributed by atoms with Crippen molar-refractivity contribution in [3.8, 4) is 22.4 Å². The van der Waals surface area contributed by atoms with Gasteiger partial charge in [-0.15, -0.1) is 5.10 Å². The molecule has 2 amide bonds. The summed E-state index contributed by atoms with van der Waals surface area (Å²) in [6.45, 7) is 13.5. The molecule has 0 aliphatic carbocycles. The molecule has 2 aromatic heterocycles. The number of piperidine rings is 1. The first kappa shape index (κ1) is 27.8. The molecule has 1 aliphatic rings. The largest absolute Gasteiger partial charge is 0.444 e. The lowest BCUT2D eigenvalue weighted by Gasteiger charge is -2.33. The second-order valence-electron chi connectivity index (χ2n) is 11.1. The molecule has 0 unspecified atom stereocenters. The molecule has 41 heavy (non-hydrogen) atoms. The highest BCUT2D eigenvalue weighted by molar-refractivity contribution is 5.87. The number of carbonyl (C=O) groups excluding carboxylic acids is 2. The number of halogens is 1. The fourth-order valence-corrected chi connectivity index (χ4v) is 4.91. The number of ether oxygens (including phenoxy) is 1. The first-order valence-electron chi connectivity index (χ1n) is 13.3. The molecular weight excluding hydrogens is 527 g/mol. The van der Waals surface area contributed by atoms with E-state index in [4.69, 9.17) is 11.3 Å². The van der Waals surface area contributed by atoms with E-state index < -0.39 is 17.5 Å². The van der Waals surface area contributed by atoms with Gasteiger partial charge in [-0.1, -0.05) is 23.4 Å². The number of amides is 2. The quantitative estimate of drug-likeness (QED) is 0.356. The zero-order valence-electron chi connectivity index (χ0n) is 23.4. The minimum Gasteiger partial charge on any atom is -0.444 e. The summed E-state index contributed by atoms with van der Waals surface area (Å²) in [7, 11) is 1.81. The number of aryl methyl sites for hydroxylation is 1. The third kappa shape index (κ3) is 6.19. The van der Waals surface area contributed by atoms with Crippen molar-refractivity contribution in [2.45, 2.75) is 51.8 Å². The second kappa shape index (κ2) is 11.0. The van der Waals surface area contributed by atoms with Gasteiger partial charge in [0.05, 0.1) is 12.1 Å². The van der Waals surface area contributed by atoms with E-state index in [0.29, 0.717) is 35.4 Å². The van der Waals surface area contributed by atoms with Crippen molar-refractivity contribution in [3.63, 3.8) is 0 Å². The van der Waals surface area contributed by atoms with Gasteiger partial charge in [0.15, 0.2) is 0 Å². The van der Waals surface area contributed by atoms with E-state index in [1.165, 1.54) is 12.1 Å². The highest BCUT2D eigenvalue weighted by Crippen LogP contribution is 2.34. The first-order chi connectivity index (χ1) is 19.5. The average molecular weight is 559 g/mol. The Kier molecular flexibility index (Phi) is 7.45. The predicted octanol–water partition coefficient (Wildman–Crippen LogP) is 4.70. The summed E-state index contributed by atoms with van der Waals surface area (Å²) in [5.41, 5.74) is 3.27. The van der Waals surface area contributed by atoms with Crippen LogP contribution < -0.4 is 5.32 Å². The van der Waals surface area contributed by atoms with Crippen molar-refractivity contribution in [3.05, 3.63) is 59.8 Å². The summed E-state index contributed by atoms with van der Waals surface area (Å²) >= 11 is 0. The SMILES string of the molecule is [C-]#[N+]c1ccc(-c2nn(CC(=O)N3CCC[C@@H](NC(=O)OC(C)(C)C)C3)cc2-c2ccc3c(c2)nnn3C)cc1F. The lowest BCUT2D eigenvalue weighted by molar-refractivity contribution is -0.133. The molecule has 0 radical (unpaired) electrons. The number of nitrogens with zero attached hydrogens (tertiary/aromatic N) is 7. The van der Waals surface area contributed by atoms with Gasteiger partial charge < -0.3 is 15.0 Å². The monoisotopic (exact) mass is 558 g/mol. The van der Waals surface area contributed by atoms with E-state index in [9.17, 15) is 14.0 Å². The van der Waals surface area contributed by atoms with Gasteiger partial charge in [-0.25, -0.2) is 18.7 Å². The van der Waals surface area contributed by atoms with Gasteiger partial charge in [0.25, 0.3) is 0 Å². The van der Waals surface area contributed by atoms with Crippen LogP contribution in [0.25, 0.3) is 38.3 Å². The lowest BCUT2D eigenvalue weighted by Crippen LogP contribution is -2.51. The number of nitrogens with one attached hydrogen (secondary N) is 1. The number of alkyl carbamates (subject to hydrolysis) is 1. The summed E-state index contributed by atoms with van der Waals surface area (Å²) in [5, 5.41) is 15.8. The number of hydrogen-bond donors (Lipinski definition) is 1. The molecule has 212 valence electrons. The number of aromatic nitrogens is 5. The molecule has 1 N–H and O–H groups in total. The maximum atomic E-state index is 14.6. The Morgan fingerprint density at radius 3 is 2.71 bits per heavy atom. The summed E-state index contributed by atoms with van der Waals surface area (Å²) in [5.74, 6) is -0.796. The highest BCUT2D eigenvalue weighted by Gasteiger charge is 2.27. The van der Waals surface area contributed by atoms with E-state index in [-0.39, 0.29) is 24.2 Å². The van der Waals surface area contributed by atoms with Crippen molar-refractivity contribution in [1.82, 2.24) is 35.0 Å². The fourth-order valence-electron chi connectivity index (χ4n) is 4.91. The van der Waals surface area contributed by atoms with Gasteiger partial charge in [-0.3, -0.25) is 9.48 Å². The standard InChI is InChI=1S/C29H31FN8O3/c1-29(2,3)41-28(40)32-20-7-6-12-37(15-20)26(39)17-38-16-21(18-9-11-25-24(14-18)33-35-36(25)5)27(34-38)19-8-10-23(31-4)22(30)13-19/h8-11,13-14,16,20H,6-7,12,15,17H2,1-3,5H3,(H,32,40)/t20-/m1/s1. The summed E-state index contributed by atoms with van der Waals surface area (Å²) in [6, 6.07) is 9.80. The third-order valence-corrected chi connectivity index (χ3v) is 6.82. The van der Waals surface area contributed by atoms with Crippen LogP contribution in [0.2, 0.25) is 0 Å². The van der Waals surface area contributed by atoms with E-state index in [1.807, 2.05) is 18.2 Å². The second-order valence-corrected chi connectivity index (χ2v) is 11.1. The lowest BCUT2D eigenvalue weighted by atomic mass is 10.0. The molecule has 3 heterocycles. The molecule has 1 saturated heterocycles. The Hall–Kier alpha value is -4.79. The molecule has 4 aromatic rings. The molecular formula is C29H31FN8O3. The zero-order valence-corrected chi connectivity index (χ0v) is 23.4. The van der Waals surface area contributed by atoms with Gasteiger partial charge in [-0.2, -0.15) is 5.10 Å². The van der Waals surface area contributed by atoms with Crippen molar-refractivity contribution in [2.24, 2.45) is 7.05 Å². The third-order valence-electron chi connectivity index (χ3n) is 6.82. The van der Waals surface area contributed by atoms with Crippen LogP contribution in [-0.4, -0.2) is 66.4 Å². The maximum absolute atomic E-state index is 14.6. The molecule has 5 rings (SSSR count). The number of likely N-dealkylation sites (tertiary alicyclic amines) is 1. The van der Waals surface area contributed by atoms with Gasteiger partial charge >= 0.3 is 6.09 Å². The smallest absolute Gasteiger partial charge is 0.407 e. The van der Waals surface area contributed by atoms with E-state index in [2.05, 4.69) is 25.6 Å². The van der Waals surface area contributed by atoms with Crippen LogP contribution in [0.3, 0.4) is 0 Å². The van der Waals surface area contributed by atoms with Crippen LogP contribution in [0.15, 0.2) is 42.6 Å². The fraction of sp³-hybridized carbons (Fsp3) is 0.379. The van der Waals surface area contributed by atoms with Crippen LogP contribution in [0.4, 0.5) is 14.9 Å². The van der Waals surface area contributed by atoms with Crippen molar-refractivity contribution in [1.29, 1.82) is 0 Å². The van der Waals surface area contributed by atoms with Crippen LogP contribution in [-0.2, 0) is 23.1 Å². The Morgan fingerprint density at radius 2 is 1.98 bits per heavy atom. The molecule has 1 fully saturated rings. The first-order valence-corrected chi connectivity index (χ1v) is 13.3. The topological polar surface area (TPSA) is 112 Å². The van der Waals surface area contributed by atoms with Crippen LogP contribution in [0.1, 0.15) is 33.6 Å². The van der Waals surface area contributed by atoms with Crippen LogP contribution in [0, 0.1) is 12.4 Å². The molecule has 0 bridgehead atoms. The normalized spacial score (nSPS) is 15.5. The summed E-state index contributed by atoms with van der Waals surface area (Å²) in [6.07, 6.45) is 2.74. The highest BCUT2D eigenvalue weighted by atomic mass is 19.1. The molecule has 0 spiro atoms. The van der Waals surface area contributed by atoms with Gasteiger partial charge in [0.2, 0.25) is 11.6 Å². The summed E-state index contributed by atoms with van der Waals surface area (Å²) in [4.78, 5) is 30.5. The van der Waals surface area contributed by atoms with Crippen LogP contribution in [0.5, 0.6) is 0 Å². The Labute approximate surface area is 236 Å². The van der Waals surface area contributed by atoms with E-state index >= 15 is 0 Å². The Morgan fingerprint density at radius 1 is 1.20 bits per heavy atom. The minimum absolute atomic E-state index is 0.0395. The van der Waals surface area contributed by atoms with Crippen molar-refractivity contribution in [2.75, 3.05) is 13.1 Å². The maximum Gasteiger partial charge on any atom is 0.407 e. The summed E-state index contributed by atoms with van der Waals surface area (Å²) < 4.78 is 23.2. The van der Waals surface area contributed by atoms with Crippen LogP contribution >= 0.6 is 0 Å². The molecule has 0 saturated carbocycles. The number of hydrogen-bond acceptors (Lipinski definition) is 6. The van der Waals surface area contributed by atoms with Crippen molar-refractivity contribution < 1.29 is 18.7 Å². The minimum atomic E-state index is -0.643. The Bertz CT molecular complexity index is 1660. The van der Waals surface area contributed by atoms with Crippen molar-refractivity contribution >= 4 is 28.7 Å². The van der Waals surface area contributed by atoms with E-state index in [1.54, 1.807) is 54.3 Å². The molecule has 1 atom stereocenters.